The van der Waals surface area contributed by atoms with Crippen molar-refractivity contribution in [2.75, 3.05) is 36.1 Å². The van der Waals surface area contributed by atoms with E-state index in [2.05, 4.69) is 15.3 Å². The molecule has 1 unspecified atom stereocenters. The van der Waals surface area contributed by atoms with E-state index in [-0.39, 0.29) is 30.4 Å². The van der Waals surface area contributed by atoms with E-state index in [0.29, 0.717) is 21.9 Å². The Kier molecular flexibility index (Phi) is 5.22. The number of likely N-dealkylation sites (N-methyl/N-ethyl adjacent to an activating group) is 1. The first-order valence-electron chi connectivity index (χ1n) is 11.1. The van der Waals surface area contributed by atoms with Crippen LogP contribution in [0, 0.1) is 12.7 Å². The van der Waals surface area contributed by atoms with Crippen molar-refractivity contribution in [2.24, 2.45) is 0 Å². The number of anilines is 3. The minimum Gasteiger partial charge on any atom is -0.465 e. The summed E-state index contributed by atoms with van der Waals surface area (Å²) in [6.07, 6.45) is 3.76. The highest BCUT2D eigenvalue weighted by atomic mass is 19.1. The summed E-state index contributed by atoms with van der Waals surface area (Å²) >= 11 is 0. The highest BCUT2D eigenvalue weighted by molar-refractivity contribution is 6.00. The lowest BCUT2D eigenvalue weighted by Crippen LogP contribution is -2.41. The van der Waals surface area contributed by atoms with Crippen LogP contribution >= 0.6 is 0 Å². The second-order valence-electron chi connectivity index (χ2n) is 8.85. The number of carboxylic acid groups (broad SMARTS) is 1. The third-order valence-electron chi connectivity index (χ3n) is 6.72. The van der Waals surface area contributed by atoms with Crippen LogP contribution in [0.3, 0.4) is 0 Å². The molecular weight excluding hydrogens is 439 g/mol. The summed E-state index contributed by atoms with van der Waals surface area (Å²) in [5.74, 6) is -0.539. The lowest BCUT2D eigenvalue weighted by Gasteiger charge is -2.25. The highest BCUT2D eigenvalue weighted by Crippen LogP contribution is 2.38. The summed E-state index contributed by atoms with van der Waals surface area (Å²) in [7, 11) is 1.63. The fourth-order valence-electron chi connectivity index (χ4n) is 4.89. The van der Waals surface area contributed by atoms with Crippen molar-refractivity contribution < 1.29 is 19.1 Å². The van der Waals surface area contributed by atoms with Crippen LogP contribution < -0.4 is 16.0 Å². The van der Waals surface area contributed by atoms with Gasteiger partial charge in [-0.15, -0.1) is 0 Å². The van der Waals surface area contributed by atoms with Crippen molar-refractivity contribution in [3.8, 4) is 11.1 Å². The Bertz CT molecular complexity index is 1340. The SMILES string of the molecule is Cc1c(-c2cc3cc(N(C(=O)O)C4CC(=O)N(C)C4)ncc3c(N)c2F)cnc2c1NCCC2. The summed E-state index contributed by atoms with van der Waals surface area (Å²) < 4.78 is 15.4. The Morgan fingerprint density at radius 3 is 2.79 bits per heavy atom. The minimum atomic E-state index is -1.21. The molecule has 1 aromatic carbocycles. The van der Waals surface area contributed by atoms with Gasteiger partial charge >= 0.3 is 6.09 Å². The molecule has 2 amide bonds. The van der Waals surface area contributed by atoms with Crippen LogP contribution in [0.2, 0.25) is 0 Å². The molecule has 0 aliphatic carbocycles. The van der Waals surface area contributed by atoms with Crippen molar-refractivity contribution in [2.45, 2.75) is 32.2 Å². The number of amides is 2. The van der Waals surface area contributed by atoms with Crippen molar-refractivity contribution in [1.82, 2.24) is 14.9 Å². The zero-order valence-electron chi connectivity index (χ0n) is 18.9. The van der Waals surface area contributed by atoms with Gasteiger partial charge in [0.15, 0.2) is 5.82 Å². The number of pyridine rings is 2. The normalized spacial score (nSPS) is 17.6. The quantitative estimate of drug-likeness (QED) is 0.508. The van der Waals surface area contributed by atoms with Crippen LogP contribution in [0.5, 0.6) is 0 Å². The molecule has 9 nitrogen and oxygen atoms in total. The van der Waals surface area contributed by atoms with Gasteiger partial charge < -0.3 is 21.1 Å². The first-order valence-corrected chi connectivity index (χ1v) is 11.1. The second kappa shape index (κ2) is 8.12. The molecule has 2 aromatic heterocycles. The number of carbonyl (C=O) groups excluding carboxylic acids is 1. The topological polar surface area (TPSA) is 125 Å². The Morgan fingerprint density at radius 2 is 2.09 bits per heavy atom. The summed E-state index contributed by atoms with van der Waals surface area (Å²) in [5, 5.41) is 14.2. The van der Waals surface area contributed by atoms with Crippen LogP contribution in [0.15, 0.2) is 24.5 Å². The molecule has 3 aromatic rings. The Balaban J connectivity index is 1.63. The average Bonchev–Trinajstić information content (AvgIpc) is 3.14. The number of halogens is 1. The molecule has 2 aliphatic heterocycles. The lowest BCUT2D eigenvalue weighted by molar-refractivity contribution is -0.126. The Morgan fingerprint density at radius 1 is 1.29 bits per heavy atom. The number of benzene rings is 1. The van der Waals surface area contributed by atoms with Crippen molar-refractivity contribution in [3.63, 3.8) is 0 Å². The van der Waals surface area contributed by atoms with E-state index in [1.165, 1.54) is 11.1 Å². The predicted molar refractivity (Wildman–Crippen MR) is 127 cm³/mol. The molecule has 10 heteroatoms. The second-order valence-corrected chi connectivity index (χ2v) is 8.85. The molecule has 0 spiro atoms. The van der Waals surface area contributed by atoms with Gasteiger partial charge in [0.05, 0.1) is 23.1 Å². The maximum Gasteiger partial charge on any atom is 0.413 e. The van der Waals surface area contributed by atoms with E-state index >= 15 is 4.39 Å². The van der Waals surface area contributed by atoms with Crippen LogP contribution in [-0.4, -0.2) is 58.2 Å². The monoisotopic (exact) mass is 464 g/mol. The van der Waals surface area contributed by atoms with E-state index in [9.17, 15) is 14.7 Å². The van der Waals surface area contributed by atoms with Gasteiger partial charge in [0.1, 0.15) is 5.82 Å². The molecule has 1 atom stereocenters. The maximum atomic E-state index is 15.4. The third kappa shape index (κ3) is 3.46. The molecule has 176 valence electrons. The van der Waals surface area contributed by atoms with Gasteiger partial charge in [0.2, 0.25) is 5.91 Å². The maximum absolute atomic E-state index is 15.4. The molecule has 1 saturated heterocycles. The molecule has 1 fully saturated rings. The first kappa shape index (κ1) is 21.9. The summed E-state index contributed by atoms with van der Waals surface area (Å²) in [5.41, 5.74) is 9.77. The largest absolute Gasteiger partial charge is 0.465 e. The molecule has 34 heavy (non-hydrogen) atoms. The van der Waals surface area contributed by atoms with E-state index in [0.717, 1.165) is 41.2 Å². The molecule has 5 rings (SSSR count). The van der Waals surface area contributed by atoms with Crippen LogP contribution in [0.4, 0.5) is 26.4 Å². The van der Waals surface area contributed by atoms with Crippen molar-refractivity contribution in [3.05, 3.63) is 41.6 Å². The van der Waals surface area contributed by atoms with Crippen LogP contribution in [-0.2, 0) is 11.2 Å². The zero-order valence-corrected chi connectivity index (χ0v) is 18.9. The molecule has 4 N–H and O–H groups in total. The third-order valence-corrected chi connectivity index (χ3v) is 6.72. The van der Waals surface area contributed by atoms with Crippen molar-refractivity contribution in [1.29, 1.82) is 0 Å². The van der Waals surface area contributed by atoms with Crippen LogP contribution in [0.25, 0.3) is 21.9 Å². The number of rotatable bonds is 3. The summed E-state index contributed by atoms with van der Waals surface area (Å²) in [6.45, 7) is 3.03. The molecule has 0 saturated carbocycles. The number of aryl methyl sites for hydroxylation is 1. The fourth-order valence-corrected chi connectivity index (χ4v) is 4.89. The van der Waals surface area contributed by atoms with Gasteiger partial charge in [-0.3, -0.25) is 14.7 Å². The summed E-state index contributed by atoms with van der Waals surface area (Å²) in [4.78, 5) is 35.4. The van der Waals surface area contributed by atoms with E-state index in [4.69, 9.17) is 5.73 Å². The van der Waals surface area contributed by atoms with E-state index in [1.807, 2.05) is 6.92 Å². The lowest BCUT2D eigenvalue weighted by atomic mass is 9.95. The number of nitrogen functional groups attached to an aromatic ring is 1. The van der Waals surface area contributed by atoms with Gasteiger partial charge in [0.25, 0.3) is 0 Å². The number of fused-ring (bicyclic) bond motifs is 2. The van der Waals surface area contributed by atoms with Gasteiger partial charge in [-0.2, -0.15) is 0 Å². The van der Waals surface area contributed by atoms with E-state index < -0.39 is 18.0 Å². The molecular formula is C24H25FN6O3. The molecule has 0 radical (unpaired) electrons. The Labute approximate surface area is 195 Å². The number of nitrogens with one attached hydrogen (secondary N) is 1. The van der Waals surface area contributed by atoms with Crippen molar-refractivity contribution >= 4 is 40.0 Å². The van der Waals surface area contributed by atoms with E-state index in [1.54, 1.807) is 25.4 Å². The van der Waals surface area contributed by atoms with Gasteiger partial charge in [-0.1, -0.05) is 0 Å². The number of nitrogens with zero attached hydrogens (tertiary/aromatic N) is 4. The standard InChI is InChI=1S/C24H25FN6O3/c1-12-16(9-28-18-4-3-5-27-23(12)18)15-6-13-7-19(29-10-17(13)22(26)21(15)25)31(24(33)34)14-8-20(32)30(2)11-14/h6-7,9-10,14,27H,3-5,8,11,26H2,1-2H3,(H,33,34). The number of aromatic nitrogens is 2. The molecule has 0 bridgehead atoms. The van der Waals surface area contributed by atoms with Gasteiger partial charge in [0, 0.05) is 55.5 Å². The minimum absolute atomic E-state index is 0.0608. The number of hydrogen-bond donors (Lipinski definition) is 3. The number of nitrogens with two attached hydrogens (primary N) is 1. The van der Waals surface area contributed by atoms with Crippen LogP contribution in [0.1, 0.15) is 24.1 Å². The fraction of sp³-hybridized carbons (Fsp3) is 0.333. The number of carbonyl (C=O) groups is 2. The predicted octanol–water partition coefficient (Wildman–Crippen LogP) is 3.40. The zero-order chi connectivity index (χ0) is 24.1. The smallest absolute Gasteiger partial charge is 0.413 e. The van der Waals surface area contributed by atoms with Gasteiger partial charge in [-0.25, -0.2) is 14.2 Å². The van der Waals surface area contributed by atoms with Gasteiger partial charge in [-0.05, 0) is 42.8 Å². The highest BCUT2D eigenvalue weighted by Gasteiger charge is 2.36. The summed E-state index contributed by atoms with van der Waals surface area (Å²) in [6, 6.07) is 2.66. The Hall–Kier alpha value is -3.95. The molecule has 4 heterocycles. The average molecular weight is 465 g/mol. The first-order chi connectivity index (χ1) is 16.3. The number of hydrogen-bond acceptors (Lipinski definition) is 6. The molecule has 2 aliphatic rings. The number of likely N-dealkylation sites (tertiary alicyclic amines) is 1.